The SMILES string of the molecule is COC(=O)C(CNC(=O)OC(C)(C)C)Cc1ccc(Oc2ccnc3c2cc(C)n3COCCS(C)(C)C)cc1. The highest BCUT2D eigenvalue weighted by Crippen LogP contribution is 2.34. The molecule has 40 heavy (non-hydrogen) atoms. The van der Waals surface area contributed by atoms with Crippen LogP contribution in [-0.2, 0) is 32.2 Å². The minimum Gasteiger partial charge on any atom is -0.469 e. The van der Waals surface area contributed by atoms with E-state index < -0.39 is 33.6 Å². The van der Waals surface area contributed by atoms with E-state index in [4.69, 9.17) is 18.9 Å². The minimum absolute atomic E-state index is 0.103. The van der Waals surface area contributed by atoms with Crippen LogP contribution in [-0.4, -0.2) is 72.0 Å². The highest BCUT2D eigenvalue weighted by molar-refractivity contribution is 8.32. The standard InChI is InChI=1S/C30H43N3O6S/c1-21-17-25-26(13-14-31-27(25)33(21)20-37-15-16-40(6,7)8)38-24-11-9-22(10-12-24)18-23(28(34)36-5)19-32-29(35)39-30(2,3)4/h9-14,17,23H,15-16,18-20H2,1-8H3,(H,32,35). The summed E-state index contributed by atoms with van der Waals surface area (Å²) in [5, 5.41) is 3.57. The van der Waals surface area contributed by atoms with Gasteiger partial charge in [0.1, 0.15) is 29.5 Å². The Kier molecular flexibility index (Phi) is 10.5. The first kappa shape index (κ1) is 31.3. The van der Waals surface area contributed by atoms with Gasteiger partial charge < -0.3 is 28.8 Å². The van der Waals surface area contributed by atoms with Crippen LogP contribution in [0.5, 0.6) is 11.5 Å². The number of aryl methyl sites for hydroxylation is 1. The summed E-state index contributed by atoms with van der Waals surface area (Å²) in [6.07, 6.45) is 8.40. The Hall–Kier alpha value is -3.24. The van der Waals surface area contributed by atoms with Crippen LogP contribution in [0, 0.1) is 12.8 Å². The van der Waals surface area contributed by atoms with E-state index in [0.717, 1.165) is 28.0 Å². The topological polar surface area (TPSA) is 101 Å². The van der Waals surface area contributed by atoms with Crippen LogP contribution in [0.4, 0.5) is 4.79 Å². The largest absolute Gasteiger partial charge is 0.469 e. The number of carbonyl (C=O) groups is 2. The Balaban J connectivity index is 1.66. The number of benzene rings is 1. The smallest absolute Gasteiger partial charge is 0.407 e. The first-order chi connectivity index (χ1) is 18.8. The fourth-order valence-corrected chi connectivity index (χ4v) is 4.62. The molecule has 2 heterocycles. The lowest BCUT2D eigenvalue weighted by Gasteiger charge is -2.24. The number of fused-ring (bicyclic) bond motifs is 1. The van der Waals surface area contributed by atoms with Crippen molar-refractivity contribution in [1.29, 1.82) is 0 Å². The molecule has 0 aliphatic heterocycles. The molecule has 0 saturated heterocycles. The highest BCUT2D eigenvalue weighted by atomic mass is 32.3. The van der Waals surface area contributed by atoms with Gasteiger partial charge in [0.15, 0.2) is 0 Å². The molecular weight excluding hydrogens is 530 g/mol. The van der Waals surface area contributed by atoms with E-state index in [9.17, 15) is 9.59 Å². The van der Waals surface area contributed by atoms with E-state index in [0.29, 0.717) is 31.3 Å². The van der Waals surface area contributed by atoms with Crippen molar-refractivity contribution in [3.63, 3.8) is 0 Å². The Morgan fingerprint density at radius 3 is 2.42 bits per heavy atom. The molecule has 10 heteroatoms. The normalized spacial score (nSPS) is 13.1. The van der Waals surface area contributed by atoms with E-state index in [-0.39, 0.29) is 6.54 Å². The minimum atomic E-state index is -0.622. The van der Waals surface area contributed by atoms with Crippen molar-refractivity contribution < 1.29 is 28.5 Å². The average molecular weight is 574 g/mol. The van der Waals surface area contributed by atoms with Crippen LogP contribution in [0.3, 0.4) is 0 Å². The number of nitrogens with one attached hydrogen (secondary N) is 1. The molecule has 2 aromatic heterocycles. The van der Waals surface area contributed by atoms with Gasteiger partial charge in [-0.1, -0.05) is 12.1 Å². The Morgan fingerprint density at radius 1 is 1.10 bits per heavy atom. The summed E-state index contributed by atoms with van der Waals surface area (Å²) in [7, 11) is 0.734. The molecule has 3 rings (SSSR count). The van der Waals surface area contributed by atoms with Gasteiger partial charge in [0.05, 0.1) is 25.0 Å². The number of nitrogens with zero attached hydrogens (tertiary/aromatic N) is 2. The van der Waals surface area contributed by atoms with E-state index in [2.05, 4.69) is 39.7 Å². The number of methoxy groups -OCH3 is 1. The lowest BCUT2D eigenvalue weighted by atomic mass is 9.99. The molecule has 0 radical (unpaired) electrons. The molecule has 0 aliphatic carbocycles. The third kappa shape index (κ3) is 9.45. The summed E-state index contributed by atoms with van der Waals surface area (Å²) in [6, 6.07) is 11.4. The molecule has 220 valence electrons. The first-order valence-electron chi connectivity index (χ1n) is 13.3. The van der Waals surface area contributed by atoms with Gasteiger partial charge in [-0.3, -0.25) is 4.79 Å². The molecule has 0 fully saturated rings. The van der Waals surface area contributed by atoms with Gasteiger partial charge in [0.25, 0.3) is 0 Å². The van der Waals surface area contributed by atoms with E-state index in [1.165, 1.54) is 7.11 Å². The predicted octanol–water partition coefficient (Wildman–Crippen LogP) is 5.66. The van der Waals surface area contributed by atoms with Crippen molar-refractivity contribution in [3.8, 4) is 11.5 Å². The number of hydrogen-bond acceptors (Lipinski definition) is 7. The fourth-order valence-electron chi connectivity index (χ4n) is 4.00. The second-order valence-corrected chi connectivity index (χ2v) is 16.2. The number of carbonyl (C=O) groups excluding carboxylic acids is 2. The van der Waals surface area contributed by atoms with Crippen LogP contribution in [0.15, 0.2) is 42.6 Å². The van der Waals surface area contributed by atoms with Crippen LogP contribution < -0.4 is 10.1 Å². The molecule has 1 amide bonds. The average Bonchev–Trinajstić information content (AvgIpc) is 3.19. The maximum atomic E-state index is 12.3. The zero-order valence-electron chi connectivity index (χ0n) is 24.9. The lowest BCUT2D eigenvalue weighted by Crippen LogP contribution is -2.38. The molecule has 0 spiro atoms. The molecule has 0 bridgehead atoms. The summed E-state index contributed by atoms with van der Waals surface area (Å²) in [5.74, 6) is 1.46. The number of esters is 1. The summed E-state index contributed by atoms with van der Waals surface area (Å²) in [5.41, 5.74) is 2.15. The molecule has 1 atom stereocenters. The molecule has 9 nitrogen and oxygen atoms in total. The summed E-state index contributed by atoms with van der Waals surface area (Å²) >= 11 is 0. The van der Waals surface area contributed by atoms with Crippen LogP contribution in [0.25, 0.3) is 11.0 Å². The monoisotopic (exact) mass is 573 g/mol. The fraction of sp³-hybridized carbons (Fsp3) is 0.500. The number of amides is 1. The first-order valence-corrected chi connectivity index (χ1v) is 16.3. The number of pyridine rings is 1. The van der Waals surface area contributed by atoms with Crippen molar-refractivity contribution >= 4 is 33.1 Å². The molecule has 1 N–H and O–H groups in total. The van der Waals surface area contributed by atoms with Gasteiger partial charge in [-0.15, -0.1) is 0 Å². The van der Waals surface area contributed by atoms with Gasteiger partial charge in [0.2, 0.25) is 0 Å². The number of rotatable bonds is 12. The van der Waals surface area contributed by atoms with Gasteiger partial charge in [0, 0.05) is 24.2 Å². The van der Waals surface area contributed by atoms with Crippen molar-refractivity contribution in [2.24, 2.45) is 5.92 Å². The van der Waals surface area contributed by atoms with Gasteiger partial charge in [-0.05, 0) is 82.7 Å². The van der Waals surface area contributed by atoms with Crippen molar-refractivity contribution in [2.75, 3.05) is 44.8 Å². The molecule has 3 aromatic rings. The summed E-state index contributed by atoms with van der Waals surface area (Å²) in [4.78, 5) is 29.0. The number of aromatic nitrogens is 2. The van der Waals surface area contributed by atoms with Crippen LogP contribution in [0.2, 0.25) is 0 Å². The maximum absolute atomic E-state index is 12.3. The molecule has 1 unspecified atom stereocenters. The zero-order valence-corrected chi connectivity index (χ0v) is 25.7. The van der Waals surface area contributed by atoms with Crippen molar-refractivity contribution in [2.45, 2.75) is 46.4 Å². The molecule has 1 aromatic carbocycles. The van der Waals surface area contributed by atoms with Gasteiger partial charge >= 0.3 is 12.1 Å². The van der Waals surface area contributed by atoms with E-state index in [1.54, 1.807) is 27.0 Å². The maximum Gasteiger partial charge on any atom is 0.407 e. The molecular formula is C30H43N3O6S. The third-order valence-corrected chi connectivity index (χ3v) is 7.48. The Morgan fingerprint density at radius 2 is 1.80 bits per heavy atom. The van der Waals surface area contributed by atoms with E-state index >= 15 is 0 Å². The highest BCUT2D eigenvalue weighted by Gasteiger charge is 2.23. The van der Waals surface area contributed by atoms with Gasteiger partial charge in [-0.2, -0.15) is 0 Å². The predicted molar refractivity (Wildman–Crippen MR) is 161 cm³/mol. The zero-order chi connectivity index (χ0) is 29.5. The summed E-state index contributed by atoms with van der Waals surface area (Å²) < 4.78 is 24.5. The Bertz CT molecular complexity index is 1290. The summed E-state index contributed by atoms with van der Waals surface area (Å²) in [6.45, 7) is 8.65. The van der Waals surface area contributed by atoms with E-state index in [1.807, 2.05) is 37.3 Å². The Labute approximate surface area is 238 Å². The quantitative estimate of drug-likeness (QED) is 0.220. The lowest BCUT2D eigenvalue weighted by molar-refractivity contribution is -0.145. The van der Waals surface area contributed by atoms with Crippen LogP contribution in [0.1, 0.15) is 32.0 Å². The molecule has 0 saturated carbocycles. The second-order valence-electron chi connectivity index (χ2n) is 11.6. The van der Waals surface area contributed by atoms with Crippen molar-refractivity contribution in [1.82, 2.24) is 14.9 Å². The number of ether oxygens (including phenoxy) is 4. The second kappa shape index (κ2) is 13.4. The molecule has 0 aliphatic rings. The third-order valence-electron chi connectivity index (χ3n) is 6.08. The van der Waals surface area contributed by atoms with Gasteiger partial charge in [-0.25, -0.2) is 19.8 Å². The van der Waals surface area contributed by atoms with Crippen molar-refractivity contribution in [3.05, 3.63) is 53.9 Å². The number of alkyl carbamates (subject to hydrolysis) is 1. The van der Waals surface area contributed by atoms with Crippen LogP contribution >= 0.6 is 10.0 Å². The number of hydrogen-bond donors (Lipinski definition) is 1.